The van der Waals surface area contributed by atoms with Crippen LogP contribution < -0.4 is 10.6 Å². The predicted molar refractivity (Wildman–Crippen MR) is 73.1 cm³/mol. The molecular formula is C13H17N5O. The molecule has 6 heteroatoms. The van der Waals surface area contributed by atoms with Crippen LogP contribution in [0.3, 0.4) is 0 Å². The Balaban J connectivity index is 1.96. The quantitative estimate of drug-likeness (QED) is 0.751. The average Bonchev–Trinajstić information content (AvgIpc) is 2.91. The Kier molecular flexibility index (Phi) is 4.12. The van der Waals surface area contributed by atoms with Gasteiger partial charge >= 0.3 is 0 Å². The van der Waals surface area contributed by atoms with Crippen molar-refractivity contribution in [2.75, 3.05) is 18.9 Å². The summed E-state index contributed by atoms with van der Waals surface area (Å²) in [6.45, 7) is 2.42. The number of aromatic amines is 1. The summed E-state index contributed by atoms with van der Waals surface area (Å²) in [6, 6.07) is 1.85. The number of hydrogen-bond acceptors (Lipinski definition) is 4. The molecule has 0 spiro atoms. The maximum absolute atomic E-state index is 12.0. The molecule has 0 aliphatic heterocycles. The summed E-state index contributed by atoms with van der Waals surface area (Å²) in [7, 11) is 1.79. The van der Waals surface area contributed by atoms with Gasteiger partial charge in [-0.05, 0) is 13.0 Å². The van der Waals surface area contributed by atoms with Crippen LogP contribution in [0.2, 0.25) is 0 Å². The van der Waals surface area contributed by atoms with Gasteiger partial charge in [0.15, 0.2) is 0 Å². The van der Waals surface area contributed by atoms with E-state index in [1.807, 2.05) is 13.0 Å². The van der Waals surface area contributed by atoms with E-state index in [4.69, 9.17) is 0 Å². The van der Waals surface area contributed by atoms with Crippen molar-refractivity contribution in [2.24, 2.45) is 0 Å². The first-order chi connectivity index (χ1) is 9.20. The fourth-order valence-corrected chi connectivity index (χ4v) is 1.77. The number of aromatic nitrogens is 3. The largest absolute Gasteiger partial charge is 0.387 e. The van der Waals surface area contributed by atoms with Crippen LogP contribution in [0.25, 0.3) is 0 Å². The normalized spacial score (nSPS) is 10.2. The summed E-state index contributed by atoms with van der Waals surface area (Å²) in [5, 5.41) is 5.85. The van der Waals surface area contributed by atoms with Gasteiger partial charge in [-0.1, -0.05) is 0 Å². The number of imidazole rings is 1. The summed E-state index contributed by atoms with van der Waals surface area (Å²) >= 11 is 0. The molecule has 2 aromatic heterocycles. The molecule has 100 valence electrons. The van der Waals surface area contributed by atoms with E-state index < -0.39 is 0 Å². The van der Waals surface area contributed by atoms with E-state index in [1.54, 1.807) is 25.6 Å². The van der Waals surface area contributed by atoms with Crippen LogP contribution in [0, 0.1) is 6.92 Å². The molecule has 2 heterocycles. The van der Waals surface area contributed by atoms with Crippen LogP contribution in [0.5, 0.6) is 0 Å². The molecule has 2 rings (SSSR count). The van der Waals surface area contributed by atoms with Crippen molar-refractivity contribution in [1.29, 1.82) is 0 Å². The number of anilines is 1. The fraction of sp³-hybridized carbons (Fsp3) is 0.308. The van der Waals surface area contributed by atoms with Gasteiger partial charge in [-0.2, -0.15) is 0 Å². The Morgan fingerprint density at radius 2 is 2.26 bits per heavy atom. The zero-order valence-corrected chi connectivity index (χ0v) is 11.0. The molecule has 1 amide bonds. The Morgan fingerprint density at radius 3 is 2.95 bits per heavy atom. The van der Waals surface area contributed by atoms with Crippen LogP contribution >= 0.6 is 0 Å². The molecule has 0 radical (unpaired) electrons. The first-order valence-corrected chi connectivity index (χ1v) is 6.11. The summed E-state index contributed by atoms with van der Waals surface area (Å²) in [4.78, 5) is 23.3. The molecule has 0 fully saturated rings. The molecule has 3 N–H and O–H groups in total. The highest BCUT2D eigenvalue weighted by Gasteiger charge is 2.11. The third-order valence-corrected chi connectivity index (χ3v) is 2.76. The second kappa shape index (κ2) is 5.99. The molecule has 0 aliphatic rings. The minimum atomic E-state index is -0.136. The van der Waals surface area contributed by atoms with Gasteiger partial charge in [-0.15, -0.1) is 0 Å². The minimum absolute atomic E-state index is 0.136. The van der Waals surface area contributed by atoms with Crippen molar-refractivity contribution >= 4 is 11.6 Å². The van der Waals surface area contributed by atoms with Crippen LogP contribution in [0.1, 0.15) is 21.9 Å². The standard InChI is InChI=1S/C13H17N5O/c1-9-7-11(14-2)10(8-18-9)13(19)17-4-3-12-15-5-6-16-12/h5-8H,3-4H2,1-2H3,(H,14,18)(H,15,16)(H,17,19). The van der Waals surface area contributed by atoms with Gasteiger partial charge in [-0.3, -0.25) is 9.78 Å². The van der Waals surface area contributed by atoms with Gasteiger partial charge in [0, 0.05) is 44.3 Å². The highest BCUT2D eigenvalue weighted by atomic mass is 16.1. The lowest BCUT2D eigenvalue weighted by molar-refractivity contribution is 0.0954. The summed E-state index contributed by atoms with van der Waals surface area (Å²) in [5.74, 6) is 0.722. The van der Waals surface area contributed by atoms with Crippen molar-refractivity contribution < 1.29 is 4.79 Å². The topological polar surface area (TPSA) is 82.7 Å². The van der Waals surface area contributed by atoms with Gasteiger partial charge in [-0.25, -0.2) is 4.98 Å². The second-order valence-electron chi connectivity index (χ2n) is 4.16. The number of nitrogens with one attached hydrogen (secondary N) is 3. The summed E-state index contributed by atoms with van der Waals surface area (Å²) in [5.41, 5.74) is 2.20. The molecule has 19 heavy (non-hydrogen) atoms. The maximum Gasteiger partial charge on any atom is 0.254 e. The second-order valence-corrected chi connectivity index (χ2v) is 4.16. The molecule has 2 aromatic rings. The van der Waals surface area contributed by atoms with Gasteiger partial charge in [0.1, 0.15) is 5.82 Å². The minimum Gasteiger partial charge on any atom is -0.387 e. The smallest absolute Gasteiger partial charge is 0.254 e. The fourth-order valence-electron chi connectivity index (χ4n) is 1.77. The van der Waals surface area contributed by atoms with Crippen molar-refractivity contribution in [3.63, 3.8) is 0 Å². The average molecular weight is 259 g/mol. The lowest BCUT2D eigenvalue weighted by atomic mass is 10.2. The SMILES string of the molecule is CNc1cc(C)ncc1C(=O)NCCc1ncc[nH]1. The Hall–Kier alpha value is -2.37. The number of amides is 1. The number of aryl methyl sites for hydroxylation is 1. The third kappa shape index (κ3) is 3.31. The molecule has 0 saturated carbocycles. The molecular weight excluding hydrogens is 242 g/mol. The zero-order valence-electron chi connectivity index (χ0n) is 11.0. The zero-order chi connectivity index (χ0) is 13.7. The number of nitrogens with zero attached hydrogens (tertiary/aromatic N) is 2. The monoisotopic (exact) mass is 259 g/mol. The van der Waals surface area contributed by atoms with Crippen molar-refractivity contribution in [2.45, 2.75) is 13.3 Å². The number of rotatable bonds is 5. The van der Waals surface area contributed by atoms with Gasteiger partial charge in [0.05, 0.1) is 11.3 Å². The molecule has 0 saturated heterocycles. The van der Waals surface area contributed by atoms with E-state index in [0.29, 0.717) is 18.5 Å². The lowest BCUT2D eigenvalue weighted by Crippen LogP contribution is -2.26. The Morgan fingerprint density at radius 1 is 1.42 bits per heavy atom. The van der Waals surface area contributed by atoms with E-state index in [2.05, 4.69) is 25.6 Å². The van der Waals surface area contributed by atoms with E-state index in [1.165, 1.54) is 0 Å². The van der Waals surface area contributed by atoms with E-state index in [-0.39, 0.29) is 5.91 Å². The Bertz CT molecular complexity index is 550. The van der Waals surface area contributed by atoms with Gasteiger partial charge in [0.25, 0.3) is 5.91 Å². The van der Waals surface area contributed by atoms with E-state index >= 15 is 0 Å². The maximum atomic E-state index is 12.0. The molecule has 0 unspecified atom stereocenters. The predicted octanol–water partition coefficient (Wildman–Crippen LogP) is 1.13. The molecule has 0 aliphatic carbocycles. The van der Waals surface area contributed by atoms with Gasteiger partial charge < -0.3 is 15.6 Å². The number of carbonyl (C=O) groups excluding carboxylic acids is 1. The highest BCUT2D eigenvalue weighted by Crippen LogP contribution is 2.14. The molecule has 0 bridgehead atoms. The number of carbonyl (C=O) groups is 1. The summed E-state index contributed by atoms with van der Waals surface area (Å²) in [6.07, 6.45) is 5.72. The first-order valence-electron chi connectivity index (χ1n) is 6.11. The van der Waals surface area contributed by atoms with Crippen LogP contribution in [-0.4, -0.2) is 34.5 Å². The molecule has 6 nitrogen and oxygen atoms in total. The lowest BCUT2D eigenvalue weighted by Gasteiger charge is -2.09. The molecule has 0 aromatic carbocycles. The van der Waals surface area contributed by atoms with Crippen molar-refractivity contribution in [3.05, 3.63) is 41.7 Å². The Labute approximate surface area is 111 Å². The van der Waals surface area contributed by atoms with Crippen molar-refractivity contribution in [3.8, 4) is 0 Å². The van der Waals surface area contributed by atoms with E-state index in [0.717, 1.165) is 17.2 Å². The van der Waals surface area contributed by atoms with Crippen LogP contribution in [0.15, 0.2) is 24.7 Å². The summed E-state index contributed by atoms with van der Waals surface area (Å²) < 4.78 is 0. The first kappa shape index (κ1) is 13.1. The van der Waals surface area contributed by atoms with E-state index in [9.17, 15) is 4.79 Å². The third-order valence-electron chi connectivity index (χ3n) is 2.76. The number of H-pyrrole nitrogens is 1. The highest BCUT2D eigenvalue weighted by molar-refractivity contribution is 5.99. The molecule has 0 atom stereocenters. The van der Waals surface area contributed by atoms with Crippen LogP contribution in [0.4, 0.5) is 5.69 Å². The number of hydrogen-bond donors (Lipinski definition) is 3. The van der Waals surface area contributed by atoms with Crippen molar-refractivity contribution in [1.82, 2.24) is 20.3 Å². The van der Waals surface area contributed by atoms with Gasteiger partial charge in [0.2, 0.25) is 0 Å². The van der Waals surface area contributed by atoms with Crippen LogP contribution in [-0.2, 0) is 6.42 Å². The number of pyridine rings is 1.